The molecule has 2 rings (SSSR count). The van der Waals surface area contributed by atoms with Gasteiger partial charge in [0, 0.05) is 11.4 Å². The van der Waals surface area contributed by atoms with Gasteiger partial charge in [-0.25, -0.2) is 14.6 Å². The van der Waals surface area contributed by atoms with Crippen molar-refractivity contribution in [2.24, 2.45) is 0 Å². The first-order valence-corrected chi connectivity index (χ1v) is 8.98. The van der Waals surface area contributed by atoms with E-state index in [4.69, 9.17) is 4.74 Å². The third-order valence-corrected chi connectivity index (χ3v) is 4.60. The van der Waals surface area contributed by atoms with Crippen molar-refractivity contribution in [3.05, 3.63) is 51.5 Å². The van der Waals surface area contributed by atoms with E-state index in [1.54, 1.807) is 13.8 Å². The molecule has 0 saturated carbocycles. The fraction of sp³-hybridized carbons (Fsp3) is 0.389. The number of ether oxygens (including phenoxy) is 1. The van der Waals surface area contributed by atoms with Crippen LogP contribution in [0.5, 0.6) is 0 Å². The van der Waals surface area contributed by atoms with E-state index in [9.17, 15) is 14.7 Å². The van der Waals surface area contributed by atoms with Crippen molar-refractivity contribution in [2.75, 3.05) is 13.2 Å². The van der Waals surface area contributed by atoms with Crippen molar-refractivity contribution in [1.29, 1.82) is 0 Å². The maximum absolute atomic E-state index is 11.8. The number of nitrogens with zero attached hydrogens (tertiary/aromatic N) is 2. The Hall–Kier alpha value is -2.41. The van der Waals surface area contributed by atoms with Gasteiger partial charge in [-0.05, 0) is 32.3 Å². The van der Waals surface area contributed by atoms with E-state index >= 15 is 0 Å². The molecule has 1 amide bonds. The quantitative estimate of drug-likeness (QED) is 0.724. The highest BCUT2D eigenvalue weighted by Crippen LogP contribution is 2.20. The molecule has 0 atom stereocenters. The summed E-state index contributed by atoms with van der Waals surface area (Å²) in [5.41, 5.74) is 1.46. The standard InChI is InChI=1S/C18H22N2O4S/c1-3-24-17(21)16-13(2)25-15(19-16)12-20(18(22)23)11-7-10-14-8-5-4-6-9-14/h4-6,8-9H,3,7,10-12H2,1-2H3,(H,22,23). The van der Waals surface area contributed by atoms with Crippen LogP contribution in [0.15, 0.2) is 30.3 Å². The van der Waals surface area contributed by atoms with Crippen LogP contribution in [0.4, 0.5) is 4.79 Å². The van der Waals surface area contributed by atoms with Gasteiger partial charge in [0.05, 0.1) is 13.2 Å². The van der Waals surface area contributed by atoms with Crippen LogP contribution in [0.25, 0.3) is 0 Å². The Bertz CT molecular complexity index is 715. The normalized spacial score (nSPS) is 10.5. The number of benzene rings is 1. The van der Waals surface area contributed by atoms with Crippen molar-refractivity contribution < 1.29 is 19.4 Å². The Labute approximate surface area is 151 Å². The van der Waals surface area contributed by atoms with Crippen LogP contribution in [0.1, 0.15) is 39.3 Å². The molecular formula is C18H22N2O4S. The monoisotopic (exact) mass is 362 g/mol. The second-order valence-electron chi connectivity index (χ2n) is 5.53. The van der Waals surface area contributed by atoms with Crippen molar-refractivity contribution in [3.8, 4) is 0 Å². The topological polar surface area (TPSA) is 79.7 Å². The summed E-state index contributed by atoms with van der Waals surface area (Å²) >= 11 is 1.33. The zero-order chi connectivity index (χ0) is 18.2. The molecule has 1 aromatic carbocycles. The molecule has 134 valence electrons. The predicted octanol–water partition coefficient (Wildman–Crippen LogP) is 3.74. The molecule has 2 aromatic rings. The SMILES string of the molecule is CCOC(=O)c1nc(CN(CCCc2ccccc2)C(=O)O)sc1C. The Morgan fingerprint density at radius 1 is 1.28 bits per heavy atom. The lowest BCUT2D eigenvalue weighted by Gasteiger charge is -2.17. The molecule has 6 nitrogen and oxygen atoms in total. The third-order valence-electron chi connectivity index (χ3n) is 3.64. The van der Waals surface area contributed by atoms with Gasteiger partial charge in [-0.2, -0.15) is 0 Å². The average molecular weight is 362 g/mol. The molecule has 0 saturated heterocycles. The molecule has 1 heterocycles. The van der Waals surface area contributed by atoms with E-state index in [0.29, 0.717) is 11.6 Å². The van der Waals surface area contributed by atoms with Gasteiger partial charge >= 0.3 is 12.1 Å². The minimum absolute atomic E-state index is 0.176. The third kappa shape index (κ3) is 5.56. The maximum atomic E-state index is 11.8. The van der Waals surface area contributed by atoms with Gasteiger partial charge in [-0.1, -0.05) is 30.3 Å². The highest BCUT2D eigenvalue weighted by molar-refractivity contribution is 7.11. The van der Waals surface area contributed by atoms with E-state index in [2.05, 4.69) is 4.98 Å². The van der Waals surface area contributed by atoms with Gasteiger partial charge in [0.2, 0.25) is 0 Å². The lowest BCUT2D eigenvalue weighted by molar-refractivity contribution is 0.0519. The fourth-order valence-electron chi connectivity index (χ4n) is 2.43. The first-order chi connectivity index (χ1) is 12.0. The number of thiazole rings is 1. The molecule has 0 aliphatic carbocycles. The number of carboxylic acid groups (broad SMARTS) is 1. The lowest BCUT2D eigenvalue weighted by Crippen LogP contribution is -2.30. The summed E-state index contributed by atoms with van der Waals surface area (Å²) in [6.07, 6.45) is 0.555. The Morgan fingerprint density at radius 3 is 2.64 bits per heavy atom. The van der Waals surface area contributed by atoms with E-state index in [0.717, 1.165) is 17.7 Å². The van der Waals surface area contributed by atoms with Crippen LogP contribution in [0.3, 0.4) is 0 Å². The molecule has 1 N–H and O–H groups in total. The van der Waals surface area contributed by atoms with E-state index in [1.165, 1.54) is 21.8 Å². The predicted molar refractivity (Wildman–Crippen MR) is 96.0 cm³/mol. The van der Waals surface area contributed by atoms with Gasteiger partial charge in [0.1, 0.15) is 5.01 Å². The van der Waals surface area contributed by atoms with Gasteiger partial charge in [0.15, 0.2) is 5.69 Å². The molecule has 0 radical (unpaired) electrons. The van der Waals surface area contributed by atoms with Gasteiger partial charge in [-0.3, -0.25) is 0 Å². The molecule has 1 aromatic heterocycles. The average Bonchev–Trinajstić information content (AvgIpc) is 2.95. The summed E-state index contributed by atoms with van der Waals surface area (Å²) in [5.74, 6) is -0.464. The number of carbonyl (C=O) groups excluding carboxylic acids is 1. The van der Waals surface area contributed by atoms with E-state index in [1.807, 2.05) is 30.3 Å². The Kier molecular flexibility index (Phi) is 6.94. The molecule has 25 heavy (non-hydrogen) atoms. The highest BCUT2D eigenvalue weighted by Gasteiger charge is 2.19. The zero-order valence-corrected chi connectivity index (χ0v) is 15.2. The summed E-state index contributed by atoms with van der Waals surface area (Å²) in [6, 6.07) is 9.96. The number of rotatable bonds is 8. The Balaban J connectivity index is 1.96. The van der Waals surface area contributed by atoms with Crippen LogP contribution in [-0.2, 0) is 17.7 Å². The molecule has 0 fully saturated rings. The lowest BCUT2D eigenvalue weighted by atomic mass is 10.1. The van der Waals surface area contributed by atoms with Crippen LogP contribution >= 0.6 is 11.3 Å². The molecule has 0 spiro atoms. The maximum Gasteiger partial charge on any atom is 0.407 e. The van der Waals surface area contributed by atoms with Crippen LogP contribution in [0.2, 0.25) is 0 Å². The number of hydrogen-bond acceptors (Lipinski definition) is 5. The van der Waals surface area contributed by atoms with Crippen molar-refractivity contribution in [3.63, 3.8) is 0 Å². The summed E-state index contributed by atoms with van der Waals surface area (Å²) in [6.45, 7) is 4.39. The van der Waals surface area contributed by atoms with Crippen LogP contribution in [-0.4, -0.2) is 40.2 Å². The molecule has 0 bridgehead atoms. The zero-order valence-electron chi connectivity index (χ0n) is 14.4. The molecule has 7 heteroatoms. The largest absolute Gasteiger partial charge is 0.465 e. The number of aryl methyl sites for hydroxylation is 2. The number of hydrogen-bond donors (Lipinski definition) is 1. The first-order valence-electron chi connectivity index (χ1n) is 8.16. The first kappa shape index (κ1) is 18.9. The van der Waals surface area contributed by atoms with Gasteiger partial charge in [0.25, 0.3) is 0 Å². The highest BCUT2D eigenvalue weighted by atomic mass is 32.1. The van der Waals surface area contributed by atoms with Crippen molar-refractivity contribution >= 4 is 23.4 Å². The number of esters is 1. The second-order valence-corrected chi connectivity index (χ2v) is 6.81. The molecule has 0 unspecified atom stereocenters. The summed E-state index contributed by atoms with van der Waals surface area (Å²) in [4.78, 5) is 29.6. The second kappa shape index (κ2) is 9.17. The van der Waals surface area contributed by atoms with E-state index in [-0.39, 0.29) is 18.8 Å². The summed E-state index contributed by atoms with van der Waals surface area (Å²) < 4.78 is 4.96. The van der Waals surface area contributed by atoms with Crippen molar-refractivity contribution in [2.45, 2.75) is 33.2 Å². The van der Waals surface area contributed by atoms with E-state index < -0.39 is 12.1 Å². The fourth-order valence-corrected chi connectivity index (χ4v) is 3.37. The Morgan fingerprint density at radius 2 is 2.00 bits per heavy atom. The number of carbonyl (C=O) groups is 2. The van der Waals surface area contributed by atoms with Crippen LogP contribution in [0, 0.1) is 6.92 Å². The van der Waals surface area contributed by atoms with Crippen molar-refractivity contribution in [1.82, 2.24) is 9.88 Å². The van der Waals surface area contributed by atoms with Gasteiger partial charge < -0.3 is 14.7 Å². The minimum atomic E-state index is -0.987. The van der Waals surface area contributed by atoms with Crippen LogP contribution < -0.4 is 0 Å². The molecule has 0 aliphatic rings. The molecular weight excluding hydrogens is 340 g/mol. The van der Waals surface area contributed by atoms with Gasteiger partial charge in [-0.15, -0.1) is 11.3 Å². The molecule has 0 aliphatic heterocycles. The summed E-state index contributed by atoms with van der Waals surface area (Å²) in [7, 11) is 0. The minimum Gasteiger partial charge on any atom is -0.465 e. The number of amides is 1. The number of aromatic nitrogens is 1. The smallest absolute Gasteiger partial charge is 0.407 e. The summed E-state index contributed by atoms with van der Waals surface area (Å²) in [5, 5.41) is 10.0.